The van der Waals surface area contributed by atoms with E-state index in [-0.39, 0.29) is 12.0 Å². The van der Waals surface area contributed by atoms with E-state index < -0.39 is 41.0 Å². The van der Waals surface area contributed by atoms with Crippen LogP contribution in [-0.4, -0.2) is 17.5 Å². The maximum atomic E-state index is 14.1. The number of hydrogen-bond donors (Lipinski definition) is 1. The van der Waals surface area contributed by atoms with Crippen molar-refractivity contribution >= 4 is 34.5 Å². The highest BCUT2D eigenvalue weighted by Crippen LogP contribution is 2.36. The molecule has 29 heavy (non-hydrogen) atoms. The second kappa shape index (κ2) is 8.68. The Morgan fingerprint density at radius 2 is 1.69 bits per heavy atom. The van der Waals surface area contributed by atoms with Crippen molar-refractivity contribution in [1.82, 2.24) is 0 Å². The second-order valence-electron chi connectivity index (χ2n) is 7.05. The van der Waals surface area contributed by atoms with Crippen molar-refractivity contribution < 1.29 is 31.9 Å². The van der Waals surface area contributed by atoms with E-state index in [0.717, 1.165) is 9.64 Å². The molecule has 9 heteroatoms. The summed E-state index contributed by atoms with van der Waals surface area (Å²) in [5, 5.41) is 0. The average Bonchev–Trinajstić information content (AvgIpc) is 2.57. The normalized spacial score (nSPS) is 13.1. The summed E-state index contributed by atoms with van der Waals surface area (Å²) in [7, 11) is 0. The highest BCUT2D eigenvalue weighted by Gasteiger charge is 2.36. The third kappa shape index (κ3) is 6.15. The van der Waals surface area contributed by atoms with E-state index >= 15 is 0 Å². The number of nitrogens with two attached hydrogens (primary N) is 1. The minimum Gasteiger partial charge on any atom is -0.444 e. The molecule has 0 fully saturated rings. The van der Waals surface area contributed by atoms with Gasteiger partial charge in [0.15, 0.2) is 5.78 Å². The highest BCUT2D eigenvalue weighted by atomic mass is 127. The Kier molecular flexibility index (Phi) is 6.92. The number of carbonyl (C=O) groups excluding carboxylic acids is 2. The van der Waals surface area contributed by atoms with Crippen LogP contribution in [0.5, 0.6) is 0 Å². The summed E-state index contributed by atoms with van der Waals surface area (Å²) in [5.74, 6) is -2.98. The quantitative estimate of drug-likeness (QED) is 0.301. The van der Waals surface area contributed by atoms with Crippen molar-refractivity contribution in [3.05, 3.63) is 68.5 Å². The zero-order valence-corrected chi connectivity index (χ0v) is 17.7. The number of rotatable bonds is 6. The molecular weight excluding hydrogens is 505 g/mol. The van der Waals surface area contributed by atoms with Gasteiger partial charge in [0.2, 0.25) is 0 Å². The van der Waals surface area contributed by atoms with Crippen LogP contribution in [0.2, 0.25) is 0 Å². The monoisotopic (exact) mass is 523 g/mol. The van der Waals surface area contributed by atoms with Crippen LogP contribution >= 0.6 is 22.6 Å². The molecule has 0 aliphatic carbocycles. The molecule has 0 spiro atoms. The molecule has 4 nitrogen and oxygen atoms in total. The molecule has 1 unspecified atom stereocenters. The first kappa shape index (κ1) is 23.1. The van der Waals surface area contributed by atoms with Gasteiger partial charge in [0.1, 0.15) is 11.4 Å². The van der Waals surface area contributed by atoms with Crippen LogP contribution in [0.25, 0.3) is 0 Å². The lowest BCUT2D eigenvalue weighted by Crippen LogP contribution is -2.34. The average molecular weight is 523 g/mol. The summed E-state index contributed by atoms with van der Waals surface area (Å²) in [4.78, 5) is 24.2. The summed E-state index contributed by atoms with van der Waals surface area (Å²) in [5.41, 5.74) is 2.76. The molecule has 0 aliphatic heterocycles. The van der Waals surface area contributed by atoms with Gasteiger partial charge in [0.25, 0.3) is 0 Å². The Balaban J connectivity index is 2.49. The Hall–Kier alpha value is -2.17. The SMILES string of the molecule is CC(C)(CC(C(=O)c1ccc(I)cc1)c1ccc(C(F)(F)F)c(F)c1)OC(N)=O. The van der Waals surface area contributed by atoms with Gasteiger partial charge < -0.3 is 10.5 Å². The number of ether oxygens (including phenoxy) is 1. The van der Waals surface area contributed by atoms with Crippen LogP contribution in [0.15, 0.2) is 42.5 Å². The van der Waals surface area contributed by atoms with Crippen molar-refractivity contribution in [1.29, 1.82) is 0 Å². The van der Waals surface area contributed by atoms with E-state index in [9.17, 15) is 27.2 Å². The van der Waals surface area contributed by atoms with Crippen LogP contribution in [0.4, 0.5) is 22.4 Å². The first-order chi connectivity index (χ1) is 13.3. The number of carbonyl (C=O) groups is 2. The van der Waals surface area contributed by atoms with Gasteiger partial charge in [-0.3, -0.25) is 4.79 Å². The molecule has 1 amide bonds. The van der Waals surface area contributed by atoms with Gasteiger partial charge in [-0.05, 0) is 66.3 Å². The maximum absolute atomic E-state index is 14.1. The molecule has 0 radical (unpaired) electrons. The summed E-state index contributed by atoms with van der Waals surface area (Å²) in [6.45, 7) is 3.01. The van der Waals surface area contributed by atoms with E-state index in [1.807, 2.05) is 0 Å². The molecular formula is C20H18F4INO3. The van der Waals surface area contributed by atoms with Crippen molar-refractivity contribution in [2.24, 2.45) is 5.73 Å². The molecule has 0 saturated heterocycles. The van der Waals surface area contributed by atoms with Crippen LogP contribution in [0, 0.1) is 9.39 Å². The fourth-order valence-electron chi connectivity index (χ4n) is 2.96. The molecule has 2 N–H and O–H groups in total. The van der Waals surface area contributed by atoms with E-state index in [0.29, 0.717) is 17.7 Å². The topological polar surface area (TPSA) is 69.4 Å². The van der Waals surface area contributed by atoms with Crippen molar-refractivity contribution in [3.8, 4) is 0 Å². The Bertz CT molecular complexity index is 911. The van der Waals surface area contributed by atoms with Gasteiger partial charge in [-0.1, -0.05) is 18.2 Å². The Morgan fingerprint density at radius 3 is 2.17 bits per heavy atom. The van der Waals surface area contributed by atoms with Gasteiger partial charge in [0.05, 0.1) is 11.5 Å². The van der Waals surface area contributed by atoms with Gasteiger partial charge in [-0.15, -0.1) is 0 Å². The van der Waals surface area contributed by atoms with E-state index in [4.69, 9.17) is 10.5 Å². The molecule has 0 saturated carbocycles. The fourth-order valence-corrected chi connectivity index (χ4v) is 3.32. The second-order valence-corrected chi connectivity index (χ2v) is 8.29. The van der Waals surface area contributed by atoms with E-state index in [2.05, 4.69) is 22.6 Å². The molecule has 2 rings (SSSR count). The Morgan fingerprint density at radius 1 is 1.10 bits per heavy atom. The third-order valence-corrected chi connectivity index (χ3v) is 4.94. The molecule has 0 bridgehead atoms. The lowest BCUT2D eigenvalue weighted by Gasteiger charge is -2.29. The van der Waals surface area contributed by atoms with Crippen LogP contribution in [0.3, 0.4) is 0 Å². The Labute approximate surface area is 178 Å². The number of hydrogen-bond acceptors (Lipinski definition) is 3. The van der Waals surface area contributed by atoms with E-state index in [1.165, 1.54) is 13.8 Å². The lowest BCUT2D eigenvalue weighted by molar-refractivity contribution is -0.140. The number of benzene rings is 2. The number of primary amides is 1. The predicted octanol–water partition coefficient (Wildman–Crippen LogP) is 5.68. The molecule has 1 atom stereocenters. The smallest absolute Gasteiger partial charge is 0.419 e. The maximum Gasteiger partial charge on any atom is 0.419 e. The van der Waals surface area contributed by atoms with Crippen LogP contribution < -0.4 is 5.73 Å². The van der Waals surface area contributed by atoms with Crippen LogP contribution in [0.1, 0.15) is 47.7 Å². The molecule has 156 valence electrons. The van der Waals surface area contributed by atoms with Gasteiger partial charge in [0, 0.05) is 15.6 Å². The number of ketones is 1. The zero-order valence-electron chi connectivity index (χ0n) is 15.5. The van der Waals surface area contributed by atoms with Gasteiger partial charge in [-0.25, -0.2) is 9.18 Å². The molecule has 0 aliphatic rings. The predicted molar refractivity (Wildman–Crippen MR) is 107 cm³/mol. The van der Waals surface area contributed by atoms with Crippen LogP contribution in [-0.2, 0) is 10.9 Å². The van der Waals surface area contributed by atoms with Gasteiger partial charge >= 0.3 is 12.3 Å². The first-order valence-corrected chi connectivity index (χ1v) is 9.53. The van der Waals surface area contributed by atoms with Crippen molar-refractivity contribution in [2.75, 3.05) is 0 Å². The minimum atomic E-state index is -4.85. The fraction of sp³-hybridized carbons (Fsp3) is 0.300. The highest BCUT2D eigenvalue weighted by molar-refractivity contribution is 14.1. The summed E-state index contributed by atoms with van der Waals surface area (Å²) in [6, 6.07) is 8.88. The zero-order chi connectivity index (χ0) is 22.0. The molecule has 0 aromatic heterocycles. The summed E-state index contributed by atoms with van der Waals surface area (Å²) in [6.07, 6.45) is -6.02. The minimum absolute atomic E-state index is 0.0418. The van der Waals surface area contributed by atoms with Crippen molar-refractivity contribution in [3.63, 3.8) is 0 Å². The standard InChI is InChI=1S/C20H18F4INO3/c1-19(2,29-18(26)28)10-14(17(27)11-3-6-13(25)7-4-11)12-5-8-15(16(21)9-12)20(22,23)24/h3-9,14H,10H2,1-2H3,(H2,26,28). The lowest BCUT2D eigenvalue weighted by atomic mass is 9.82. The van der Waals surface area contributed by atoms with Gasteiger partial charge in [-0.2, -0.15) is 13.2 Å². The number of Topliss-reactive ketones (excluding diaryl/α,β-unsaturated/α-hetero) is 1. The molecule has 2 aromatic carbocycles. The number of amides is 1. The van der Waals surface area contributed by atoms with E-state index in [1.54, 1.807) is 24.3 Å². The summed E-state index contributed by atoms with van der Waals surface area (Å²) < 4.78 is 58.7. The molecule has 0 heterocycles. The first-order valence-electron chi connectivity index (χ1n) is 8.45. The number of alkyl halides is 3. The summed E-state index contributed by atoms with van der Waals surface area (Å²) >= 11 is 2.06. The van der Waals surface area contributed by atoms with Crippen molar-refractivity contribution in [2.45, 2.75) is 38.0 Å². The third-order valence-electron chi connectivity index (χ3n) is 4.22. The largest absolute Gasteiger partial charge is 0.444 e. The molecule has 2 aromatic rings. The number of halogens is 5.